The van der Waals surface area contributed by atoms with Crippen molar-refractivity contribution in [1.29, 1.82) is 15.8 Å². The number of hydrogen-bond donors (Lipinski definition) is 0. The third kappa shape index (κ3) is 2.07. The number of rotatable bonds is 0. The standard InChI is InChI=1S/C20H4N6/c1-24-18-7-17(20(10-23)26-3)14-6-13-12(5-16(14)18)11(8-21)4-15(13)19(9-22)25-2/h4-7H/b19-15-,20-17+. The molecular weight excluding hydrogens is 324 g/mol. The molecule has 2 aliphatic rings. The number of nitrogens with zero attached hydrogens (tertiary/aromatic N) is 6. The first kappa shape index (κ1) is 16.0. The zero-order valence-corrected chi connectivity index (χ0v) is 13.0. The lowest BCUT2D eigenvalue weighted by molar-refractivity contribution is 1.47. The van der Waals surface area contributed by atoms with Gasteiger partial charge in [-0.15, -0.1) is 0 Å². The van der Waals surface area contributed by atoms with Crippen molar-refractivity contribution in [1.82, 2.24) is 0 Å². The fourth-order valence-corrected chi connectivity index (χ4v) is 2.94. The molecule has 0 fully saturated rings. The predicted octanol–water partition coefficient (Wildman–Crippen LogP) is 4.19. The molecule has 0 saturated carbocycles. The minimum Gasteiger partial charge on any atom is -0.238 e. The predicted molar refractivity (Wildman–Crippen MR) is 92.9 cm³/mol. The summed E-state index contributed by atoms with van der Waals surface area (Å²) in [6.07, 6.45) is 2.95. The van der Waals surface area contributed by atoms with Gasteiger partial charge in [0.1, 0.15) is 0 Å². The molecule has 0 atom stereocenters. The van der Waals surface area contributed by atoms with E-state index in [0.717, 1.165) is 0 Å². The zero-order chi connectivity index (χ0) is 18.8. The van der Waals surface area contributed by atoms with Gasteiger partial charge in [-0.2, -0.15) is 5.26 Å². The van der Waals surface area contributed by atoms with Gasteiger partial charge in [0.15, 0.2) is 5.70 Å². The monoisotopic (exact) mass is 328 g/mol. The summed E-state index contributed by atoms with van der Waals surface area (Å²) in [5, 5.41) is 27.7. The van der Waals surface area contributed by atoms with Gasteiger partial charge in [0.05, 0.1) is 43.5 Å². The highest BCUT2D eigenvalue weighted by molar-refractivity contribution is 6.07. The first-order valence-corrected chi connectivity index (χ1v) is 7.07. The summed E-state index contributed by atoms with van der Waals surface area (Å²) < 4.78 is 0. The quantitative estimate of drug-likeness (QED) is 0.528. The molecule has 1 aromatic carbocycles. The largest absolute Gasteiger partial charge is 0.269 e. The van der Waals surface area contributed by atoms with E-state index < -0.39 is 0 Å². The molecule has 0 N–H and O–H groups in total. The van der Waals surface area contributed by atoms with Crippen LogP contribution in [0.3, 0.4) is 0 Å². The average molecular weight is 328 g/mol. The molecule has 1 aromatic rings. The molecule has 0 spiro atoms. The lowest BCUT2D eigenvalue weighted by Crippen LogP contribution is -1.93. The van der Waals surface area contributed by atoms with Crippen LogP contribution in [-0.2, 0) is 0 Å². The number of fused-ring (bicyclic) bond motifs is 2. The van der Waals surface area contributed by atoms with E-state index in [0.29, 0.717) is 39.0 Å². The lowest BCUT2D eigenvalue weighted by atomic mass is 9.94. The Morgan fingerprint density at radius 3 is 1.81 bits per heavy atom. The van der Waals surface area contributed by atoms with Crippen molar-refractivity contribution in [2.45, 2.75) is 0 Å². The summed E-state index contributed by atoms with van der Waals surface area (Å²) in [5.41, 5.74) is 2.99. The molecule has 0 heterocycles. The summed E-state index contributed by atoms with van der Waals surface area (Å²) >= 11 is 0. The van der Waals surface area contributed by atoms with E-state index in [1.54, 1.807) is 12.1 Å². The number of allylic oxidation sites excluding steroid dienone is 7. The summed E-state index contributed by atoms with van der Waals surface area (Å²) in [6, 6.07) is 8.96. The maximum atomic E-state index is 9.38. The van der Waals surface area contributed by atoms with Gasteiger partial charge < -0.3 is 0 Å². The maximum Gasteiger partial charge on any atom is 0.269 e. The first-order chi connectivity index (χ1) is 12.6. The molecule has 0 aliphatic heterocycles. The van der Waals surface area contributed by atoms with E-state index in [4.69, 9.17) is 19.7 Å². The molecule has 0 saturated heterocycles. The van der Waals surface area contributed by atoms with E-state index in [1.165, 1.54) is 12.2 Å². The highest BCUT2D eigenvalue weighted by Gasteiger charge is 2.28. The number of hydrogen-bond acceptors (Lipinski definition) is 3. The van der Waals surface area contributed by atoms with Gasteiger partial charge >= 0.3 is 0 Å². The van der Waals surface area contributed by atoms with Crippen LogP contribution >= 0.6 is 0 Å². The van der Waals surface area contributed by atoms with E-state index in [9.17, 15) is 15.8 Å². The van der Waals surface area contributed by atoms with Gasteiger partial charge in [-0.3, -0.25) is 0 Å². The summed E-state index contributed by atoms with van der Waals surface area (Å²) in [7, 11) is 0. The molecular formula is C20H4N6. The Bertz CT molecular complexity index is 1140. The maximum absolute atomic E-state index is 9.38. The Kier molecular flexibility index (Phi) is 3.67. The van der Waals surface area contributed by atoms with Crippen molar-refractivity contribution in [2.24, 2.45) is 0 Å². The van der Waals surface area contributed by atoms with Crippen LogP contribution in [0.1, 0.15) is 22.3 Å². The van der Waals surface area contributed by atoms with E-state index >= 15 is 0 Å². The molecule has 3 rings (SSSR count). The van der Waals surface area contributed by atoms with Crippen LogP contribution in [0, 0.1) is 53.7 Å². The Morgan fingerprint density at radius 2 is 1.31 bits per heavy atom. The van der Waals surface area contributed by atoms with Gasteiger partial charge in [0.25, 0.3) is 11.4 Å². The average Bonchev–Trinajstić information content (AvgIpc) is 3.21. The van der Waals surface area contributed by atoms with Crippen LogP contribution in [0.5, 0.6) is 0 Å². The smallest absolute Gasteiger partial charge is 0.238 e. The molecule has 2 aliphatic carbocycles. The minimum atomic E-state index is -0.149. The van der Waals surface area contributed by atoms with Crippen LogP contribution in [0.25, 0.3) is 37.0 Å². The van der Waals surface area contributed by atoms with Crippen LogP contribution in [0.15, 0.2) is 35.7 Å². The van der Waals surface area contributed by atoms with Crippen LogP contribution in [0.4, 0.5) is 0 Å². The van der Waals surface area contributed by atoms with Gasteiger partial charge in [-0.05, 0) is 40.0 Å². The van der Waals surface area contributed by atoms with Crippen LogP contribution < -0.4 is 0 Å². The molecule has 0 radical (unpaired) electrons. The van der Waals surface area contributed by atoms with Gasteiger partial charge in [-0.25, -0.2) is 25.1 Å². The lowest BCUT2D eigenvalue weighted by Gasteiger charge is -2.09. The van der Waals surface area contributed by atoms with Gasteiger partial charge in [-0.1, -0.05) is 12.1 Å². The van der Waals surface area contributed by atoms with Crippen molar-refractivity contribution in [3.8, 4) is 18.2 Å². The molecule has 6 nitrogen and oxygen atoms in total. The Hall–Kier alpha value is -4.88. The third-order valence-corrected chi connectivity index (χ3v) is 4.06. The van der Waals surface area contributed by atoms with E-state index in [1.807, 2.05) is 18.2 Å². The van der Waals surface area contributed by atoms with Crippen molar-refractivity contribution >= 4 is 22.4 Å². The van der Waals surface area contributed by atoms with Gasteiger partial charge in [0.2, 0.25) is 0 Å². The van der Waals surface area contributed by atoms with Crippen molar-refractivity contribution < 1.29 is 0 Å². The van der Waals surface area contributed by atoms with Crippen LogP contribution in [0.2, 0.25) is 0 Å². The number of benzene rings is 1. The Morgan fingerprint density at radius 1 is 0.769 bits per heavy atom. The molecule has 114 valence electrons. The summed E-state index contributed by atoms with van der Waals surface area (Å²) in [4.78, 5) is 9.86. The Balaban J connectivity index is 2.43. The Labute approximate surface area is 149 Å². The normalized spacial score (nSPS) is 16.8. The molecule has 0 unspecified atom stereocenters. The minimum absolute atomic E-state index is 0.146. The summed E-state index contributed by atoms with van der Waals surface area (Å²) in [5.74, 6) is 0. The van der Waals surface area contributed by atoms with E-state index in [-0.39, 0.29) is 17.1 Å². The van der Waals surface area contributed by atoms with Crippen molar-refractivity contribution in [3.63, 3.8) is 0 Å². The second kappa shape index (κ2) is 5.96. The molecule has 0 bridgehead atoms. The van der Waals surface area contributed by atoms with Crippen molar-refractivity contribution in [2.75, 3.05) is 0 Å². The van der Waals surface area contributed by atoms with E-state index in [2.05, 4.69) is 14.5 Å². The second-order valence-electron chi connectivity index (χ2n) is 5.23. The van der Waals surface area contributed by atoms with Crippen LogP contribution in [-0.4, -0.2) is 0 Å². The highest BCUT2D eigenvalue weighted by atomic mass is 14.7. The van der Waals surface area contributed by atoms with Gasteiger partial charge in [0, 0.05) is 5.57 Å². The zero-order valence-electron chi connectivity index (χ0n) is 13.0. The molecule has 6 heteroatoms. The molecule has 26 heavy (non-hydrogen) atoms. The number of nitriles is 3. The summed E-state index contributed by atoms with van der Waals surface area (Å²) in [6.45, 7) is 21.7. The first-order valence-electron chi connectivity index (χ1n) is 7.07. The fourth-order valence-electron chi connectivity index (χ4n) is 2.94. The SMILES string of the molecule is [C-]#[N+]C1=C/C(=C(/C#N)[N+]#[C-])c2cc3c(cc21)C(C#N)=C/C3=C(\C#N)[N+]#[C-]. The highest BCUT2D eigenvalue weighted by Crippen LogP contribution is 2.45. The third-order valence-electron chi connectivity index (χ3n) is 4.06. The molecule has 0 amide bonds. The topological polar surface area (TPSA) is 84.5 Å². The molecule has 0 aromatic heterocycles. The second-order valence-corrected chi connectivity index (χ2v) is 5.23. The fraction of sp³-hybridized carbons (Fsp3) is 0. The van der Waals surface area contributed by atoms with Crippen molar-refractivity contribution in [3.05, 3.63) is 92.2 Å².